The van der Waals surface area contributed by atoms with Crippen LogP contribution in [0.15, 0.2) is 18.2 Å². The van der Waals surface area contributed by atoms with Gasteiger partial charge in [0, 0.05) is 29.2 Å². The van der Waals surface area contributed by atoms with Crippen LogP contribution in [0, 0.1) is 0 Å². The standard InChI is InChI=1S/C10H10ClF2NO/c11-6-1-2-8-7(5-6)9(15)10(12,13)3-4-14-8/h1-2,5,9,14-15H,3-4H2/i9D. The lowest BCUT2D eigenvalue weighted by atomic mass is 10.0. The van der Waals surface area contributed by atoms with Crippen LogP contribution in [0.3, 0.4) is 0 Å². The van der Waals surface area contributed by atoms with Gasteiger partial charge in [-0.05, 0) is 18.2 Å². The number of fused-ring (bicyclic) bond motifs is 1. The van der Waals surface area contributed by atoms with E-state index in [9.17, 15) is 13.9 Å². The number of hydrogen-bond acceptors (Lipinski definition) is 2. The molecule has 1 aliphatic rings. The molecule has 1 aromatic carbocycles. The van der Waals surface area contributed by atoms with Crippen molar-refractivity contribution in [3.8, 4) is 0 Å². The molecule has 0 saturated carbocycles. The Balaban J connectivity index is 2.61. The van der Waals surface area contributed by atoms with Gasteiger partial charge >= 0.3 is 0 Å². The van der Waals surface area contributed by atoms with Gasteiger partial charge in [0.1, 0.15) is 6.08 Å². The predicted octanol–water partition coefficient (Wildman–Crippen LogP) is 2.82. The molecule has 2 N–H and O–H groups in total. The Bertz CT molecular complexity index is 425. The maximum atomic E-state index is 13.5. The smallest absolute Gasteiger partial charge is 0.279 e. The number of aliphatic hydroxyl groups is 1. The quantitative estimate of drug-likeness (QED) is 0.724. The van der Waals surface area contributed by atoms with Crippen LogP contribution in [0.1, 0.15) is 19.4 Å². The first-order chi connectivity index (χ1) is 7.34. The molecule has 1 heterocycles. The second-order valence-electron chi connectivity index (χ2n) is 3.42. The number of alkyl halides is 2. The fourth-order valence-corrected chi connectivity index (χ4v) is 1.71. The summed E-state index contributed by atoms with van der Waals surface area (Å²) in [6, 6.07) is 4.20. The van der Waals surface area contributed by atoms with Gasteiger partial charge < -0.3 is 10.4 Å². The molecule has 1 unspecified atom stereocenters. The largest absolute Gasteiger partial charge is 0.385 e. The van der Waals surface area contributed by atoms with Crippen LogP contribution in [-0.2, 0) is 0 Å². The third-order valence-electron chi connectivity index (χ3n) is 2.34. The molecular weight excluding hydrogens is 224 g/mol. The fraction of sp³-hybridized carbons (Fsp3) is 0.400. The molecule has 0 aromatic heterocycles. The first-order valence-corrected chi connectivity index (χ1v) is 4.86. The van der Waals surface area contributed by atoms with Gasteiger partial charge in [-0.25, -0.2) is 8.78 Å². The topological polar surface area (TPSA) is 32.3 Å². The zero-order valence-electron chi connectivity index (χ0n) is 8.73. The minimum Gasteiger partial charge on any atom is -0.385 e. The summed E-state index contributed by atoms with van der Waals surface area (Å²) in [4.78, 5) is 0. The van der Waals surface area contributed by atoms with Crippen molar-refractivity contribution < 1.29 is 15.3 Å². The zero-order valence-corrected chi connectivity index (χ0v) is 8.48. The number of nitrogens with one attached hydrogen (secondary N) is 1. The maximum absolute atomic E-state index is 13.5. The minimum atomic E-state index is -3.50. The van der Waals surface area contributed by atoms with E-state index in [1.165, 1.54) is 18.2 Å². The van der Waals surface area contributed by atoms with Crippen LogP contribution in [-0.4, -0.2) is 17.6 Å². The van der Waals surface area contributed by atoms with E-state index in [1.807, 2.05) is 0 Å². The summed E-state index contributed by atoms with van der Waals surface area (Å²) < 4.78 is 34.5. The molecule has 5 heteroatoms. The minimum absolute atomic E-state index is 0.00280. The lowest BCUT2D eigenvalue weighted by Crippen LogP contribution is -2.26. The Labute approximate surface area is 92.3 Å². The lowest BCUT2D eigenvalue weighted by molar-refractivity contribution is -0.111. The number of anilines is 1. The third kappa shape index (κ3) is 1.92. The Morgan fingerprint density at radius 1 is 1.60 bits per heavy atom. The molecule has 1 atom stereocenters. The Morgan fingerprint density at radius 2 is 2.33 bits per heavy atom. The van der Waals surface area contributed by atoms with Crippen LogP contribution in [0.5, 0.6) is 0 Å². The molecule has 0 radical (unpaired) electrons. The molecule has 1 aromatic rings. The van der Waals surface area contributed by atoms with Gasteiger partial charge in [0.2, 0.25) is 0 Å². The highest BCUT2D eigenvalue weighted by Crippen LogP contribution is 2.40. The zero-order chi connectivity index (χ0) is 12.0. The van der Waals surface area contributed by atoms with Crippen molar-refractivity contribution in [2.75, 3.05) is 11.9 Å². The van der Waals surface area contributed by atoms with Crippen LogP contribution < -0.4 is 5.32 Å². The summed E-state index contributed by atoms with van der Waals surface area (Å²) in [7, 11) is 0. The molecule has 0 aliphatic carbocycles. The van der Waals surface area contributed by atoms with E-state index in [1.54, 1.807) is 0 Å². The summed E-state index contributed by atoms with van der Waals surface area (Å²) in [5, 5.41) is 12.6. The number of hydrogen-bond donors (Lipinski definition) is 2. The van der Waals surface area contributed by atoms with Crippen LogP contribution in [0.4, 0.5) is 14.5 Å². The summed E-state index contributed by atoms with van der Waals surface area (Å²) in [6.45, 7) is 0.00280. The van der Waals surface area contributed by atoms with E-state index in [2.05, 4.69) is 5.32 Å². The normalized spacial score (nSPS) is 29.7. The molecule has 1 aliphatic heterocycles. The van der Waals surface area contributed by atoms with E-state index in [0.29, 0.717) is 5.69 Å². The molecule has 0 saturated heterocycles. The highest BCUT2D eigenvalue weighted by molar-refractivity contribution is 6.30. The van der Waals surface area contributed by atoms with Crippen molar-refractivity contribution in [1.29, 1.82) is 0 Å². The Hall–Kier alpha value is -0.870. The third-order valence-corrected chi connectivity index (χ3v) is 2.57. The lowest BCUT2D eigenvalue weighted by Gasteiger charge is -2.20. The van der Waals surface area contributed by atoms with Gasteiger partial charge in [-0.3, -0.25) is 0 Å². The average Bonchev–Trinajstić information content (AvgIpc) is 2.26. The molecule has 2 nitrogen and oxygen atoms in total. The summed E-state index contributed by atoms with van der Waals surface area (Å²) in [6.07, 6.45) is -3.55. The summed E-state index contributed by atoms with van der Waals surface area (Å²) in [5.41, 5.74) is 0.126. The number of benzene rings is 1. The van der Waals surface area contributed by atoms with Gasteiger partial charge in [-0.2, -0.15) is 0 Å². The van der Waals surface area contributed by atoms with E-state index in [-0.39, 0.29) is 17.1 Å². The first-order valence-electron chi connectivity index (χ1n) is 4.99. The highest BCUT2D eigenvalue weighted by atomic mass is 35.5. The molecule has 15 heavy (non-hydrogen) atoms. The summed E-state index contributed by atoms with van der Waals surface area (Å²) >= 11 is 5.68. The Morgan fingerprint density at radius 3 is 3.07 bits per heavy atom. The van der Waals surface area contributed by atoms with Crippen molar-refractivity contribution in [2.24, 2.45) is 0 Å². The molecule has 82 valence electrons. The van der Waals surface area contributed by atoms with Crippen molar-refractivity contribution in [1.82, 2.24) is 0 Å². The first kappa shape index (κ1) is 9.36. The van der Waals surface area contributed by atoms with E-state index in [0.717, 1.165) is 0 Å². The SMILES string of the molecule is [2H]C1(O)c2cc(Cl)ccc2NCCC1(F)F. The van der Waals surface area contributed by atoms with Gasteiger partial charge in [-0.1, -0.05) is 11.6 Å². The van der Waals surface area contributed by atoms with Crippen molar-refractivity contribution in [2.45, 2.75) is 18.4 Å². The van der Waals surface area contributed by atoms with Crippen LogP contribution in [0.25, 0.3) is 0 Å². The van der Waals surface area contributed by atoms with E-state index in [4.69, 9.17) is 13.0 Å². The molecule has 0 spiro atoms. The average molecular weight is 235 g/mol. The van der Waals surface area contributed by atoms with Crippen molar-refractivity contribution in [3.63, 3.8) is 0 Å². The molecule has 0 bridgehead atoms. The molecule has 2 rings (SSSR count). The monoisotopic (exact) mass is 234 g/mol. The number of rotatable bonds is 0. The molecular formula is C10H10ClF2NO. The van der Waals surface area contributed by atoms with Gasteiger partial charge in [-0.15, -0.1) is 0 Å². The van der Waals surface area contributed by atoms with Crippen LogP contribution in [0.2, 0.25) is 5.02 Å². The summed E-state index contributed by atoms with van der Waals surface area (Å²) in [5.74, 6) is -3.50. The second kappa shape index (κ2) is 3.61. The molecule has 0 amide bonds. The van der Waals surface area contributed by atoms with Crippen molar-refractivity contribution in [3.05, 3.63) is 28.8 Å². The maximum Gasteiger partial charge on any atom is 0.279 e. The van der Waals surface area contributed by atoms with E-state index >= 15 is 0 Å². The second-order valence-corrected chi connectivity index (χ2v) is 3.86. The van der Waals surface area contributed by atoms with Gasteiger partial charge in [0.05, 0.1) is 1.37 Å². The van der Waals surface area contributed by atoms with E-state index < -0.39 is 18.4 Å². The fourth-order valence-electron chi connectivity index (χ4n) is 1.54. The Kier molecular flexibility index (Phi) is 2.25. The number of halogens is 3. The van der Waals surface area contributed by atoms with Crippen molar-refractivity contribution >= 4 is 17.3 Å². The molecule has 0 fully saturated rings. The van der Waals surface area contributed by atoms with Crippen LogP contribution >= 0.6 is 11.6 Å². The predicted molar refractivity (Wildman–Crippen MR) is 54.5 cm³/mol. The highest BCUT2D eigenvalue weighted by Gasteiger charge is 2.41. The van der Waals surface area contributed by atoms with Gasteiger partial charge in [0.15, 0.2) is 0 Å². The van der Waals surface area contributed by atoms with Gasteiger partial charge in [0.25, 0.3) is 5.92 Å².